The Hall–Kier alpha value is -1.51. The summed E-state index contributed by atoms with van der Waals surface area (Å²) in [6, 6.07) is 7.22. The van der Waals surface area contributed by atoms with Crippen LogP contribution in [0.2, 0.25) is 0 Å². The van der Waals surface area contributed by atoms with Crippen molar-refractivity contribution in [3.63, 3.8) is 0 Å². The normalized spacial score (nSPS) is 18.1. The number of rotatable bonds is 3. The fraction of sp³-hybridized carbons (Fsp3) is 0.500. The standard InChI is InChI=1S/C14H19NO2/c1-17-14-9-7-13(8-10-14)15(16)11-12-5-3-2-4-6-12/h7-12H,2-6H2,1H3/b15-11-. The minimum Gasteiger partial charge on any atom is -0.619 e. The molecule has 0 heterocycles. The Kier molecular flexibility index (Phi) is 4.02. The van der Waals surface area contributed by atoms with Crippen LogP contribution in [0.15, 0.2) is 24.3 Å². The van der Waals surface area contributed by atoms with Crippen LogP contribution in [0, 0.1) is 11.1 Å². The zero-order chi connectivity index (χ0) is 12.1. The lowest BCUT2D eigenvalue weighted by Gasteiger charge is -2.16. The summed E-state index contributed by atoms with van der Waals surface area (Å²) in [6.07, 6.45) is 7.92. The molecule has 0 bridgehead atoms. The number of nitrogens with zero attached hydrogens (tertiary/aromatic N) is 1. The smallest absolute Gasteiger partial charge is 0.216 e. The first-order chi connectivity index (χ1) is 8.29. The molecule has 0 saturated heterocycles. The van der Waals surface area contributed by atoms with E-state index in [-0.39, 0.29) is 0 Å². The van der Waals surface area contributed by atoms with E-state index in [0.717, 1.165) is 23.3 Å². The van der Waals surface area contributed by atoms with E-state index in [9.17, 15) is 5.21 Å². The minimum atomic E-state index is 0.448. The van der Waals surface area contributed by atoms with Gasteiger partial charge in [-0.25, -0.2) is 0 Å². The summed E-state index contributed by atoms with van der Waals surface area (Å²) in [5.74, 6) is 1.23. The van der Waals surface area contributed by atoms with E-state index in [1.807, 2.05) is 18.3 Å². The largest absolute Gasteiger partial charge is 0.619 e. The van der Waals surface area contributed by atoms with E-state index in [1.165, 1.54) is 19.3 Å². The molecule has 3 nitrogen and oxygen atoms in total. The zero-order valence-corrected chi connectivity index (χ0v) is 10.3. The van der Waals surface area contributed by atoms with Crippen LogP contribution in [0.3, 0.4) is 0 Å². The van der Waals surface area contributed by atoms with Crippen molar-refractivity contribution in [2.24, 2.45) is 5.92 Å². The van der Waals surface area contributed by atoms with Crippen LogP contribution in [-0.4, -0.2) is 18.1 Å². The van der Waals surface area contributed by atoms with Gasteiger partial charge in [-0.3, -0.25) is 0 Å². The molecule has 1 fully saturated rings. The molecule has 1 aromatic carbocycles. The molecule has 0 amide bonds. The fourth-order valence-corrected chi connectivity index (χ4v) is 2.29. The predicted molar refractivity (Wildman–Crippen MR) is 68.9 cm³/mol. The molecule has 1 aromatic rings. The quantitative estimate of drug-likeness (QED) is 0.347. The first-order valence-corrected chi connectivity index (χ1v) is 6.25. The van der Waals surface area contributed by atoms with E-state index in [0.29, 0.717) is 11.6 Å². The van der Waals surface area contributed by atoms with Crippen LogP contribution in [0.4, 0.5) is 5.69 Å². The van der Waals surface area contributed by atoms with Gasteiger partial charge in [0.05, 0.1) is 7.11 Å². The topological polar surface area (TPSA) is 35.3 Å². The molecule has 1 saturated carbocycles. The molecular formula is C14H19NO2. The lowest BCUT2D eigenvalue weighted by Crippen LogP contribution is -2.12. The summed E-state index contributed by atoms with van der Waals surface area (Å²) in [4.78, 5) is 0. The Morgan fingerprint density at radius 2 is 1.82 bits per heavy atom. The Morgan fingerprint density at radius 3 is 2.41 bits per heavy atom. The fourth-order valence-electron chi connectivity index (χ4n) is 2.29. The molecule has 0 unspecified atom stereocenters. The van der Waals surface area contributed by atoms with Crippen LogP contribution >= 0.6 is 0 Å². The van der Waals surface area contributed by atoms with Crippen molar-refractivity contribution in [1.29, 1.82) is 0 Å². The highest BCUT2D eigenvalue weighted by Crippen LogP contribution is 2.23. The average Bonchev–Trinajstić information content (AvgIpc) is 2.40. The van der Waals surface area contributed by atoms with Crippen LogP contribution in [0.25, 0.3) is 0 Å². The number of methoxy groups -OCH3 is 1. The third-order valence-corrected chi connectivity index (χ3v) is 3.32. The molecule has 17 heavy (non-hydrogen) atoms. The van der Waals surface area contributed by atoms with Crippen molar-refractivity contribution in [3.05, 3.63) is 29.5 Å². The number of ether oxygens (including phenoxy) is 1. The maximum absolute atomic E-state index is 11.9. The highest BCUT2D eigenvalue weighted by molar-refractivity contribution is 5.57. The van der Waals surface area contributed by atoms with Gasteiger partial charge in [0.1, 0.15) is 5.75 Å². The Bertz CT molecular complexity index is 378. The van der Waals surface area contributed by atoms with E-state index in [4.69, 9.17) is 4.74 Å². The second kappa shape index (κ2) is 5.71. The van der Waals surface area contributed by atoms with Crippen LogP contribution in [-0.2, 0) is 0 Å². The van der Waals surface area contributed by atoms with Gasteiger partial charge in [-0.1, -0.05) is 19.3 Å². The van der Waals surface area contributed by atoms with Crippen molar-refractivity contribution < 1.29 is 9.48 Å². The average molecular weight is 233 g/mol. The van der Waals surface area contributed by atoms with Gasteiger partial charge in [0.15, 0.2) is 6.21 Å². The van der Waals surface area contributed by atoms with E-state index < -0.39 is 0 Å². The summed E-state index contributed by atoms with van der Waals surface area (Å²) in [7, 11) is 1.62. The van der Waals surface area contributed by atoms with Crippen LogP contribution in [0.5, 0.6) is 5.75 Å². The maximum Gasteiger partial charge on any atom is 0.216 e. The molecule has 0 aliphatic heterocycles. The zero-order valence-electron chi connectivity index (χ0n) is 10.3. The van der Waals surface area contributed by atoms with Crippen LogP contribution in [0.1, 0.15) is 32.1 Å². The number of benzene rings is 1. The molecule has 0 radical (unpaired) electrons. The van der Waals surface area contributed by atoms with Gasteiger partial charge < -0.3 is 9.94 Å². The summed E-state index contributed by atoms with van der Waals surface area (Å²) in [6.45, 7) is 0. The third kappa shape index (κ3) is 3.22. The predicted octanol–water partition coefficient (Wildman–Crippen LogP) is 3.49. The molecule has 2 rings (SSSR count). The van der Waals surface area contributed by atoms with Gasteiger partial charge in [-0.15, -0.1) is 0 Å². The summed E-state index contributed by atoms with van der Waals surface area (Å²) in [5, 5.41) is 11.9. The Morgan fingerprint density at radius 1 is 1.18 bits per heavy atom. The van der Waals surface area contributed by atoms with Gasteiger partial charge in [-0.05, 0) is 25.0 Å². The van der Waals surface area contributed by atoms with E-state index in [2.05, 4.69) is 0 Å². The van der Waals surface area contributed by atoms with Gasteiger partial charge >= 0.3 is 0 Å². The van der Waals surface area contributed by atoms with Crippen molar-refractivity contribution in [2.75, 3.05) is 7.11 Å². The number of hydrogen-bond donors (Lipinski definition) is 0. The van der Waals surface area contributed by atoms with Gasteiger partial charge in [0, 0.05) is 18.1 Å². The molecule has 1 aliphatic rings. The molecule has 0 spiro atoms. The SMILES string of the molecule is COc1ccc(/[N+]([O-])=C/C2CCCCC2)cc1. The molecule has 3 heteroatoms. The van der Waals surface area contributed by atoms with E-state index >= 15 is 0 Å². The Balaban J connectivity index is 2.06. The minimum absolute atomic E-state index is 0.448. The molecule has 0 atom stereocenters. The third-order valence-electron chi connectivity index (χ3n) is 3.32. The molecule has 0 N–H and O–H groups in total. The highest BCUT2D eigenvalue weighted by Gasteiger charge is 2.15. The molecular weight excluding hydrogens is 214 g/mol. The van der Waals surface area contributed by atoms with E-state index in [1.54, 1.807) is 19.2 Å². The molecule has 1 aliphatic carbocycles. The first kappa shape index (κ1) is 12.0. The van der Waals surface area contributed by atoms with Crippen molar-refractivity contribution in [2.45, 2.75) is 32.1 Å². The second-order valence-electron chi connectivity index (χ2n) is 4.57. The molecule has 0 aromatic heterocycles. The lowest BCUT2D eigenvalue weighted by molar-refractivity contribution is -0.358. The first-order valence-electron chi connectivity index (χ1n) is 6.25. The Labute approximate surface area is 102 Å². The van der Waals surface area contributed by atoms with Crippen molar-refractivity contribution >= 4 is 11.9 Å². The molecule has 92 valence electrons. The second-order valence-corrected chi connectivity index (χ2v) is 4.57. The van der Waals surface area contributed by atoms with Crippen molar-refractivity contribution in [3.8, 4) is 5.75 Å². The monoisotopic (exact) mass is 233 g/mol. The van der Waals surface area contributed by atoms with Gasteiger partial charge in [-0.2, -0.15) is 4.74 Å². The maximum atomic E-state index is 11.9. The summed E-state index contributed by atoms with van der Waals surface area (Å²) >= 11 is 0. The van der Waals surface area contributed by atoms with Gasteiger partial charge in [0.25, 0.3) is 0 Å². The highest BCUT2D eigenvalue weighted by atomic mass is 16.5. The van der Waals surface area contributed by atoms with Crippen LogP contribution < -0.4 is 4.74 Å². The summed E-state index contributed by atoms with van der Waals surface area (Å²) in [5.41, 5.74) is 0.677. The van der Waals surface area contributed by atoms with Crippen molar-refractivity contribution in [1.82, 2.24) is 0 Å². The van der Waals surface area contributed by atoms with Gasteiger partial charge in [0.2, 0.25) is 5.69 Å². The number of hydrogen-bond acceptors (Lipinski definition) is 2. The summed E-state index contributed by atoms with van der Waals surface area (Å²) < 4.78 is 6.06. The lowest BCUT2D eigenvalue weighted by atomic mass is 9.90.